The van der Waals surface area contributed by atoms with E-state index in [0.717, 1.165) is 22.6 Å². The summed E-state index contributed by atoms with van der Waals surface area (Å²) in [6.07, 6.45) is 2.35. The van der Waals surface area contributed by atoms with Crippen LogP contribution in [0.15, 0.2) is 28.8 Å². The molecule has 0 unspecified atom stereocenters. The first kappa shape index (κ1) is 11.1. The van der Waals surface area contributed by atoms with Crippen LogP contribution in [0.1, 0.15) is 31.4 Å². The summed E-state index contributed by atoms with van der Waals surface area (Å²) < 4.78 is 10.6. The average Bonchev–Trinajstić information content (AvgIpc) is 3.15. The highest BCUT2D eigenvalue weighted by molar-refractivity contribution is 5.76. The smallest absolute Gasteiger partial charge is 0.230 e. The molecule has 1 saturated carbocycles. The van der Waals surface area contributed by atoms with Crippen molar-refractivity contribution in [2.24, 2.45) is 0 Å². The first-order valence-corrected chi connectivity index (χ1v) is 6.28. The third kappa shape index (κ3) is 1.94. The molecule has 1 aliphatic carbocycles. The Kier molecular flexibility index (Phi) is 2.70. The summed E-state index contributed by atoms with van der Waals surface area (Å²) in [5.74, 6) is 1.79. The van der Waals surface area contributed by atoms with Gasteiger partial charge in [-0.25, -0.2) is 0 Å². The molecule has 0 amide bonds. The fourth-order valence-electron chi connectivity index (χ4n) is 2.13. The Morgan fingerprint density at radius 2 is 2.06 bits per heavy atom. The predicted octanol–water partition coefficient (Wildman–Crippen LogP) is 3.20. The topological polar surface area (TPSA) is 61.3 Å². The first-order valence-electron chi connectivity index (χ1n) is 6.28. The maximum absolute atomic E-state index is 5.88. The van der Waals surface area contributed by atoms with E-state index in [0.29, 0.717) is 18.4 Å². The molecule has 0 saturated heterocycles. The van der Waals surface area contributed by atoms with E-state index in [2.05, 4.69) is 5.16 Å². The Hall–Kier alpha value is -1.97. The van der Waals surface area contributed by atoms with E-state index in [9.17, 15) is 0 Å². The number of hydrogen-bond donors (Lipinski definition) is 1. The van der Waals surface area contributed by atoms with Crippen LogP contribution >= 0.6 is 0 Å². The molecule has 0 bridgehead atoms. The quantitative estimate of drug-likeness (QED) is 0.897. The zero-order valence-corrected chi connectivity index (χ0v) is 10.3. The fourth-order valence-corrected chi connectivity index (χ4v) is 2.13. The van der Waals surface area contributed by atoms with Crippen LogP contribution in [0.5, 0.6) is 5.75 Å². The maximum atomic E-state index is 5.88. The Morgan fingerprint density at radius 1 is 1.33 bits per heavy atom. The van der Waals surface area contributed by atoms with Gasteiger partial charge in [-0.05, 0) is 37.5 Å². The summed E-state index contributed by atoms with van der Waals surface area (Å²) in [5, 5.41) is 4.08. The Bertz CT molecular complexity index is 541. The molecule has 1 fully saturated rings. The summed E-state index contributed by atoms with van der Waals surface area (Å²) in [6.45, 7) is 2.64. The number of rotatable bonds is 4. The van der Waals surface area contributed by atoms with Gasteiger partial charge in [0.05, 0.1) is 17.9 Å². The van der Waals surface area contributed by atoms with Crippen LogP contribution in [0.25, 0.3) is 11.1 Å². The van der Waals surface area contributed by atoms with Crippen molar-refractivity contribution in [3.8, 4) is 16.9 Å². The lowest BCUT2D eigenvalue weighted by Gasteiger charge is -2.05. The third-order valence-electron chi connectivity index (χ3n) is 3.16. The van der Waals surface area contributed by atoms with Crippen molar-refractivity contribution in [3.63, 3.8) is 0 Å². The molecular weight excluding hydrogens is 228 g/mol. The number of aromatic nitrogens is 1. The molecule has 94 valence electrons. The van der Waals surface area contributed by atoms with Gasteiger partial charge in [0.25, 0.3) is 0 Å². The first-order chi connectivity index (χ1) is 8.79. The Labute approximate surface area is 106 Å². The zero-order chi connectivity index (χ0) is 12.5. The standard InChI is InChI=1S/C14H16N2O2/c1-2-17-11-7-5-9(6-8-11)12-13(10-3-4-10)16-18-14(12)15/h5-8,10H,2-4,15H2,1H3. The molecule has 0 atom stereocenters. The van der Waals surface area contributed by atoms with E-state index < -0.39 is 0 Å². The summed E-state index contributed by atoms with van der Waals surface area (Å²) in [7, 11) is 0. The lowest BCUT2D eigenvalue weighted by molar-refractivity contribution is 0.340. The van der Waals surface area contributed by atoms with Crippen LogP contribution in [0, 0.1) is 0 Å². The molecule has 4 heteroatoms. The highest BCUT2D eigenvalue weighted by Crippen LogP contribution is 2.45. The highest BCUT2D eigenvalue weighted by atomic mass is 16.5. The van der Waals surface area contributed by atoms with Crippen LogP contribution in [0.3, 0.4) is 0 Å². The van der Waals surface area contributed by atoms with Crippen LogP contribution < -0.4 is 10.5 Å². The molecule has 0 radical (unpaired) electrons. The normalized spacial score (nSPS) is 14.7. The van der Waals surface area contributed by atoms with E-state index in [1.165, 1.54) is 12.8 Å². The van der Waals surface area contributed by atoms with Crippen molar-refractivity contribution >= 4 is 5.88 Å². The van der Waals surface area contributed by atoms with Gasteiger partial charge in [-0.3, -0.25) is 0 Å². The van der Waals surface area contributed by atoms with E-state index in [-0.39, 0.29) is 0 Å². The van der Waals surface area contributed by atoms with Gasteiger partial charge in [-0.15, -0.1) is 0 Å². The van der Waals surface area contributed by atoms with Crippen molar-refractivity contribution < 1.29 is 9.26 Å². The summed E-state index contributed by atoms with van der Waals surface area (Å²) in [4.78, 5) is 0. The van der Waals surface area contributed by atoms with Crippen molar-refractivity contribution in [3.05, 3.63) is 30.0 Å². The number of ether oxygens (including phenoxy) is 1. The summed E-state index contributed by atoms with van der Waals surface area (Å²) in [5.41, 5.74) is 8.86. The number of benzene rings is 1. The molecule has 18 heavy (non-hydrogen) atoms. The van der Waals surface area contributed by atoms with Gasteiger partial charge in [0, 0.05) is 5.92 Å². The summed E-state index contributed by atoms with van der Waals surface area (Å²) in [6, 6.07) is 7.89. The van der Waals surface area contributed by atoms with E-state index in [1.807, 2.05) is 31.2 Å². The molecule has 4 nitrogen and oxygen atoms in total. The third-order valence-corrected chi connectivity index (χ3v) is 3.16. The molecule has 1 aromatic heterocycles. The number of nitrogen functional groups attached to an aromatic ring is 1. The van der Waals surface area contributed by atoms with Gasteiger partial charge in [-0.2, -0.15) is 0 Å². The molecule has 2 aromatic rings. The zero-order valence-electron chi connectivity index (χ0n) is 10.3. The molecule has 1 heterocycles. The SMILES string of the molecule is CCOc1ccc(-c2c(C3CC3)noc2N)cc1. The number of nitrogens with two attached hydrogens (primary N) is 1. The lowest BCUT2D eigenvalue weighted by Crippen LogP contribution is -1.92. The minimum absolute atomic E-state index is 0.404. The number of hydrogen-bond acceptors (Lipinski definition) is 4. The van der Waals surface area contributed by atoms with Gasteiger partial charge in [0.2, 0.25) is 5.88 Å². The molecule has 1 aliphatic rings. The van der Waals surface area contributed by atoms with Crippen LogP contribution in [0.2, 0.25) is 0 Å². The minimum atomic E-state index is 0.404. The second kappa shape index (κ2) is 4.37. The average molecular weight is 244 g/mol. The van der Waals surface area contributed by atoms with E-state index in [4.69, 9.17) is 15.0 Å². The second-order valence-corrected chi connectivity index (χ2v) is 4.54. The molecule has 1 aromatic carbocycles. The largest absolute Gasteiger partial charge is 0.494 e. The van der Waals surface area contributed by atoms with Gasteiger partial charge in [0.1, 0.15) is 5.75 Å². The monoisotopic (exact) mass is 244 g/mol. The summed E-state index contributed by atoms with van der Waals surface area (Å²) >= 11 is 0. The second-order valence-electron chi connectivity index (χ2n) is 4.54. The van der Waals surface area contributed by atoms with Gasteiger partial charge >= 0.3 is 0 Å². The lowest BCUT2D eigenvalue weighted by atomic mass is 10.0. The number of anilines is 1. The van der Waals surface area contributed by atoms with E-state index in [1.54, 1.807) is 0 Å². The Balaban J connectivity index is 1.96. The van der Waals surface area contributed by atoms with E-state index >= 15 is 0 Å². The van der Waals surface area contributed by atoms with Crippen molar-refractivity contribution in [2.45, 2.75) is 25.7 Å². The molecule has 0 aliphatic heterocycles. The van der Waals surface area contributed by atoms with Crippen molar-refractivity contribution in [1.82, 2.24) is 5.16 Å². The molecule has 0 spiro atoms. The van der Waals surface area contributed by atoms with Crippen LogP contribution in [0.4, 0.5) is 5.88 Å². The number of nitrogens with zero attached hydrogens (tertiary/aromatic N) is 1. The Morgan fingerprint density at radius 3 is 2.67 bits per heavy atom. The minimum Gasteiger partial charge on any atom is -0.494 e. The molecule has 2 N–H and O–H groups in total. The van der Waals surface area contributed by atoms with Crippen LogP contribution in [-0.2, 0) is 0 Å². The van der Waals surface area contributed by atoms with Crippen molar-refractivity contribution in [2.75, 3.05) is 12.3 Å². The van der Waals surface area contributed by atoms with Gasteiger partial charge < -0.3 is 15.0 Å². The van der Waals surface area contributed by atoms with Gasteiger partial charge in [0.15, 0.2) is 0 Å². The highest BCUT2D eigenvalue weighted by Gasteiger charge is 2.31. The van der Waals surface area contributed by atoms with Gasteiger partial charge in [-0.1, -0.05) is 17.3 Å². The molecular formula is C14H16N2O2. The van der Waals surface area contributed by atoms with Crippen molar-refractivity contribution in [1.29, 1.82) is 0 Å². The predicted molar refractivity (Wildman–Crippen MR) is 69.5 cm³/mol. The molecule has 3 rings (SSSR count). The van der Waals surface area contributed by atoms with Crippen LogP contribution in [-0.4, -0.2) is 11.8 Å². The maximum Gasteiger partial charge on any atom is 0.230 e. The fraction of sp³-hybridized carbons (Fsp3) is 0.357.